The number of thioether (sulfide) groups is 1. The van der Waals surface area contributed by atoms with Gasteiger partial charge in [-0.05, 0) is 20.8 Å². The van der Waals surface area contributed by atoms with E-state index >= 15 is 0 Å². The standard InChI is InChI=1S/C16H17NO3S2/c1-4-20-15(19)14(11(3)18)22-16-17-13(9-21-16)12-7-5-10(2)6-8-12/h5-9,14H,4H2,1-3H3. The molecule has 0 fully saturated rings. The van der Waals surface area contributed by atoms with E-state index in [0.717, 1.165) is 23.0 Å². The first kappa shape index (κ1) is 16.7. The maximum Gasteiger partial charge on any atom is 0.327 e. The van der Waals surface area contributed by atoms with Crippen molar-refractivity contribution in [3.63, 3.8) is 0 Å². The van der Waals surface area contributed by atoms with E-state index in [4.69, 9.17) is 4.74 Å². The zero-order valence-corrected chi connectivity index (χ0v) is 14.3. The number of ether oxygens (including phenoxy) is 1. The average Bonchev–Trinajstić information content (AvgIpc) is 2.94. The van der Waals surface area contributed by atoms with Crippen molar-refractivity contribution in [1.82, 2.24) is 4.98 Å². The quantitative estimate of drug-likeness (QED) is 0.457. The van der Waals surface area contributed by atoms with E-state index in [9.17, 15) is 9.59 Å². The number of Topliss-reactive ketones (excluding diaryl/α,β-unsaturated/α-hetero) is 1. The molecule has 1 aromatic heterocycles. The Labute approximate surface area is 137 Å². The fraction of sp³-hybridized carbons (Fsp3) is 0.312. The van der Waals surface area contributed by atoms with Crippen LogP contribution in [-0.4, -0.2) is 28.6 Å². The van der Waals surface area contributed by atoms with Crippen molar-refractivity contribution in [1.29, 1.82) is 0 Å². The number of hydrogen-bond acceptors (Lipinski definition) is 6. The molecule has 22 heavy (non-hydrogen) atoms. The lowest BCUT2D eigenvalue weighted by molar-refractivity contribution is -0.144. The summed E-state index contributed by atoms with van der Waals surface area (Å²) in [5, 5.41) is 1.08. The third kappa shape index (κ3) is 4.18. The second-order valence-corrected chi connectivity index (χ2v) is 6.94. The normalized spacial score (nSPS) is 12.0. The highest BCUT2D eigenvalue weighted by molar-refractivity contribution is 8.03. The van der Waals surface area contributed by atoms with Crippen LogP contribution in [0.15, 0.2) is 34.0 Å². The maximum absolute atomic E-state index is 11.8. The number of esters is 1. The van der Waals surface area contributed by atoms with E-state index in [1.807, 2.05) is 36.6 Å². The number of nitrogens with zero attached hydrogens (tertiary/aromatic N) is 1. The Balaban J connectivity index is 2.15. The Hall–Kier alpha value is -1.66. The van der Waals surface area contributed by atoms with E-state index in [2.05, 4.69) is 4.98 Å². The highest BCUT2D eigenvalue weighted by atomic mass is 32.2. The molecule has 1 aromatic carbocycles. The smallest absolute Gasteiger partial charge is 0.327 e. The van der Waals surface area contributed by atoms with Crippen molar-refractivity contribution >= 4 is 34.9 Å². The lowest BCUT2D eigenvalue weighted by Gasteiger charge is -2.10. The number of aromatic nitrogens is 1. The van der Waals surface area contributed by atoms with Crippen LogP contribution in [0.25, 0.3) is 11.3 Å². The Morgan fingerprint density at radius 3 is 2.59 bits per heavy atom. The van der Waals surface area contributed by atoms with Gasteiger partial charge in [0.25, 0.3) is 0 Å². The first-order chi connectivity index (χ1) is 10.5. The number of thiazole rings is 1. The van der Waals surface area contributed by atoms with Crippen molar-refractivity contribution in [2.75, 3.05) is 6.61 Å². The van der Waals surface area contributed by atoms with Gasteiger partial charge in [0, 0.05) is 10.9 Å². The summed E-state index contributed by atoms with van der Waals surface area (Å²) < 4.78 is 5.62. The van der Waals surface area contributed by atoms with Crippen LogP contribution < -0.4 is 0 Å². The van der Waals surface area contributed by atoms with Crippen molar-refractivity contribution in [2.24, 2.45) is 0 Å². The van der Waals surface area contributed by atoms with Gasteiger partial charge in [-0.1, -0.05) is 41.6 Å². The number of carbonyl (C=O) groups is 2. The fourth-order valence-electron chi connectivity index (χ4n) is 1.78. The molecule has 2 aromatic rings. The molecule has 116 valence electrons. The number of benzene rings is 1. The minimum Gasteiger partial charge on any atom is -0.465 e. The van der Waals surface area contributed by atoms with Gasteiger partial charge >= 0.3 is 5.97 Å². The van der Waals surface area contributed by atoms with E-state index < -0.39 is 11.2 Å². The fourth-order valence-corrected chi connectivity index (χ4v) is 3.67. The topological polar surface area (TPSA) is 56.3 Å². The lowest BCUT2D eigenvalue weighted by Crippen LogP contribution is -2.27. The Morgan fingerprint density at radius 2 is 2.00 bits per heavy atom. The van der Waals surface area contributed by atoms with E-state index in [1.165, 1.54) is 23.8 Å². The number of carbonyl (C=O) groups excluding carboxylic acids is 2. The molecule has 0 saturated carbocycles. The predicted octanol–water partition coefficient (Wildman–Crippen LogP) is 3.73. The van der Waals surface area contributed by atoms with Crippen LogP contribution in [-0.2, 0) is 14.3 Å². The zero-order chi connectivity index (χ0) is 16.1. The van der Waals surface area contributed by atoms with Crippen LogP contribution in [0.4, 0.5) is 0 Å². The van der Waals surface area contributed by atoms with Crippen LogP contribution in [0.2, 0.25) is 0 Å². The summed E-state index contributed by atoms with van der Waals surface area (Å²) in [7, 11) is 0. The largest absolute Gasteiger partial charge is 0.465 e. The summed E-state index contributed by atoms with van der Waals surface area (Å²) in [6, 6.07) is 8.07. The van der Waals surface area contributed by atoms with Crippen LogP contribution in [0.5, 0.6) is 0 Å². The summed E-state index contributed by atoms with van der Waals surface area (Å²) in [6.45, 7) is 5.40. The summed E-state index contributed by atoms with van der Waals surface area (Å²) in [6.07, 6.45) is 0. The Morgan fingerprint density at radius 1 is 1.32 bits per heavy atom. The zero-order valence-electron chi connectivity index (χ0n) is 12.7. The molecular weight excluding hydrogens is 318 g/mol. The minimum absolute atomic E-state index is 0.226. The molecule has 0 bridgehead atoms. The third-order valence-corrected chi connectivity index (χ3v) is 5.18. The van der Waals surface area contributed by atoms with Gasteiger partial charge in [0.05, 0.1) is 12.3 Å². The molecular formula is C16H17NO3S2. The summed E-state index contributed by atoms with van der Waals surface area (Å²) >= 11 is 2.57. The summed E-state index contributed by atoms with van der Waals surface area (Å²) in [5.41, 5.74) is 3.05. The van der Waals surface area contributed by atoms with Crippen LogP contribution in [0.1, 0.15) is 19.4 Å². The van der Waals surface area contributed by atoms with Crippen molar-refractivity contribution < 1.29 is 14.3 Å². The van der Waals surface area contributed by atoms with Crippen molar-refractivity contribution in [3.8, 4) is 11.3 Å². The molecule has 0 aliphatic rings. The first-order valence-corrected chi connectivity index (χ1v) is 8.63. The van der Waals surface area contributed by atoms with Gasteiger partial charge in [0.1, 0.15) is 0 Å². The third-order valence-electron chi connectivity index (χ3n) is 2.92. The van der Waals surface area contributed by atoms with E-state index in [1.54, 1.807) is 6.92 Å². The molecule has 0 N–H and O–H groups in total. The average molecular weight is 335 g/mol. The molecule has 0 saturated heterocycles. The van der Waals surface area contributed by atoms with Gasteiger partial charge in [-0.2, -0.15) is 0 Å². The molecule has 0 aliphatic heterocycles. The number of ketones is 1. The molecule has 0 amide bonds. The molecule has 0 aliphatic carbocycles. The second-order valence-electron chi connectivity index (χ2n) is 4.73. The van der Waals surface area contributed by atoms with E-state index in [0.29, 0.717) is 4.34 Å². The predicted molar refractivity (Wildman–Crippen MR) is 89.2 cm³/mol. The van der Waals surface area contributed by atoms with Crippen molar-refractivity contribution in [2.45, 2.75) is 30.4 Å². The van der Waals surface area contributed by atoms with E-state index in [-0.39, 0.29) is 12.4 Å². The highest BCUT2D eigenvalue weighted by Crippen LogP contribution is 2.31. The lowest BCUT2D eigenvalue weighted by atomic mass is 10.1. The number of hydrogen-bond donors (Lipinski definition) is 0. The van der Waals surface area contributed by atoms with Crippen LogP contribution in [0.3, 0.4) is 0 Å². The molecule has 1 heterocycles. The Kier molecular flexibility index (Phi) is 5.74. The SMILES string of the molecule is CCOC(=O)C(Sc1nc(-c2ccc(C)cc2)cs1)C(C)=O. The molecule has 1 unspecified atom stereocenters. The van der Waals surface area contributed by atoms with Gasteiger partial charge in [-0.15, -0.1) is 11.3 Å². The molecule has 0 spiro atoms. The molecule has 0 radical (unpaired) electrons. The molecule has 1 atom stereocenters. The van der Waals surface area contributed by atoms with Gasteiger partial charge in [-0.25, -0.2) is 4.98 Å². The summed E-state index contributed by atoms with van der Waals surface area (Å²) in [4.78, 5) is 27.9. The van der Waals surface area contributed by atoms with Gasteiger partial charge in [-0.3, -0.25) is 9.59 Å². The van der Waals surface area contributed by atoms with Crippen molar-refractivity contribution in [3.05, 3.63) is 35.2 Å². The minimum atomic E-state index is -0.850. The molecule has 6 heteroatoms. The second kappa shape index (κ2) is 7.56. The van der Waals surface area contributed by atoms with Gasteiger partial charge < -0.3 is 4.74 Å². The number of aryl methyl sites for hydroxylation is 1. The summed E-state index contributed by atoms with van der Waals surface area (Å²) in [5.74, 6) is -0.734. The van der Waals surface area contributed by atoms with Gasteiger partial charge in [0.2, 0.25) is 0 Å². The highest BCUT2D eigenvalue weighted by Gasteiger charge is 2.27. The number of rotatable bonds is 6. The maximum atomic E-state index is 11.8. The molecule has 2 rings (SSSR count). The monoisotopic (exact) mass is 335 g/mol. The molecule has 4 nitrogen and oxygen atoms in total. The van der Waals surface area contributed by atoms with Gasteiger partial charge in [0.15, 0.2) is 15.4 Å². The van der Waals surface area contributed by atoms with Crippen LogP contribution >= 0.6 is 23.1 Å². The van der Waals surface area contributed by atoms with Crippen LogP contribution in [0, 0.1) is 6.92 Å². The first-order valence-electron chi connectivity index (χ1n) is 6.87. The Bertz CT molecular complexity index is 664.